The van der Waals surface area contributed by atoms with Gasteiger partial charge in [0.2, 0.25) is 11.8 Å². The molecule has 2 amide bonds. The van der Waals surface area contributed by atoms with Crippen molar-refractivity contribution < 1.29 is 9.59 Å². The first kappa shape index (κ1) is 11.8. The van der Waals surface area contributed by atoms with Crippen molar-refractivity contribution in [1.29, 1.82) is 0 Å². The number of allylic oxidation sites excluding steroid dienone is 1. The van der Waals surface area contributed by atoms with Crippen molar-refractivity contribution in [2.24, 2.45) is 10.9 Å². The molecule has 5 heteroatoms. The predicted molar refractivity (Wildman–Crippen MR) is 64.3 cm³/mol. The lowest BCUT2D eigenvalue weighted by atomic mass is 10.0. The van der Waals surface area contributed by atoms with Crippen LogP contribution in [0.3, 0.4) is 0 Å². The van der Waals surface area contributed by atoms with E-state index >= 15 is 0 Å². The zero-order valence-electron chi connectivity index (χ0n) is 10.1. The number of aliphatic imine (C=N–C) groups is 1. The molecule has 0 aromatic carbocycles. The van der Waals surface area contributed by atoms with E-state index in [1.807, 2.05) is 0 Å². The molecule has 0 aromatic heterocycles. The van der Waals surface area contributed by atoms with E-state index in [9.17, 15) is 9.59 Å². The summed E-state index contributed by atoms with van der Waals surface area (Å²) in [5, 5.41) is 5.49. The Morgan fingerprint density at radius 1 is 1.47 bits per heavy atom. The Morgan fingerprint density at radius 3 is 2.82 bits per heavy atom. The van der Waals surface area contributed by atoms with Gasteiger partial charge in [-0.3, -0.25) is 19.9 Å². The molecule has 0 radical (unpaired) electrons. The van der Waals surface area contributed by atoms with E-state index in [1.165, 1.54) is 0 Å². The van der Waals surface area contributed by atoms with Gasteiger partial charge in [-0.15, -0.1) is 0 Å². The molecule has 0 bridgehead atoms. The van der Waals surface area contributed by atoms with E-state index in [0.29, 0.717) is 18.8 Å². The fourth-order valence-electron chi connectivity index (χ4n) is 1.94. The Labute approximate surface area is 100 Å². The van der Waals surface area contributed by atoms with Crippen molar-refractivity contribution in [2.75, 3.05) is 0 Å². The van der Waals surface area contributed by atoms with Gasteiger partial charge in [-0.1, -0.05) is 13.8 Å². The molecule has 92 valence electrons. The van der Waals surface area contributed by atoms with E-state index in [-0.39, 0.29) is 17.9 Å². The van der Waals surface area contributed by atoms with Gasteiger partial charge in [0.15, 0.2) is 0 Å². The van der Waals surface area contributed by atoms with E-state index in [4.69, 9.17) is 0 Å². The number of imide groups is 1. The molecule has 1 unspecified atom stereocenters. The highest BCUT2D eigenvalue weighted by atomic mass is 16.2. The van der Waals surface area contributed by atoms with Crippen LogP contribution in [0, 0.1) is 5.92 Å². The maximum atomic E-state index is 11.5. The summed E-state index contributed by atoms with van der Waals surface area (Å²) < 4.78 is 0. The largest absolute Gasteiger partial charge is 0.375 e. The number of nitrogens with zero attached hydrogens (tertiary/aromatic N) is 1. The molecule has 0 spiro atoms. The van der Waals surface area contributed by atoms with Gasteiger partial charge in [-0.25, -0.2) is 0 Å². The smallest absolute Gasteiger partial charge is 0.249 e. The van der Waals surface area contributed by atoms with Crippen LogP contribution in [0.4, 0.5) is 0 Å². The molecule has 2 rings (SSSR count). The first-order chi connectivity index (χ1) is 8.06. The predicted octanol–water partition coefficient (Wildman–Crippen LogP) is 0.723. The Hall–Kier alpha value is -1.65. The number of hydrogen-bond donors (Lipinski definition) is 2. The van der Waals surface area contributed by atoms with Crippen LogP contribution in [0.15, 0.2) is 16.9 Å². The molecular formula is C12H17N3O2. The molecule has 1 atom stereocenters. The highest BCUT2D eigenvalue weighted by Crippen LogP contribution is 2.16. The van der Waals surface area contributed by atoms with Crippen LogP contribution in [0.5, 0.6) is 0 Å². The summed E-state index contributed by atoms with van der Waals surface area (Å²) in [6, 6.07) is -0.305. The molecule has 1 saturated heterocycles. The second-order valence-electron chi connectivity index (χ2n) is 4.75. The normalized spacial score (nSPS) is 24.5. The molecule has 0 saturated carbocycles. The quantitative estimate of drug-likeness (QED) is 0.708. The highest BCUT2D eigenvalue weighted by Gasteiger charge is 2.27. The third-order valence-corrected chi connectivity index (χ3v) is 3.02. The van der Waals surface area contributed by atoms with Crippen LogP contribution in [0.25, 0.3) is 0 Å². The third kappa shape index (κ3) is 2.72. The summed E-state index contributed by atoms with van der Waals surface area (Å²) >= 11 is 0. The van der Waals surface area contributed by atoms with Gasteiger partial charge >= 0.3 is 0 Å². The minimum Gasteiger partial charge on any atom is -0.375 e. The number of piperidine rings is 1. The van der Waals surface area contributed by atoms with Gasteiger partial charge in [-0.05, 0) is 12.3 Å². The summed E-state index contributed by atoms with van der Waals surface area (Å²) in [5.41, 5.74) is 2.09. The van der Waals surface area contributed by atoms with E-state index in [0.717, 1.165) is 17.8 Å². The maximum absolute atomic E-state index is 11.5. The fraction of sp³-hybridized carbons (Fsp3) is 0.583. The maximum Gasteiger partial charge on any atom is 0.249 e. The third-order valence-electron chi connectivity index (χ3n) is 3.02. The van der Waals surface area contributed by atoms with Crippen molar-refractivity contribution in [1.82, 2.24) is 10.6 Å². The number of carbonyl (C=O) groups is 2. The topological polar surface area (TPSA) is 70.6 Å². The van der Waals surface area contributed by atoms with Crippen LogP contribution in [0.1, 0.15) is 33.1 Å². The van der Waals surface area contributed by atoms with Gasteiger partial charge in [-0.2, -0.15) is 0 Å². The standard InChI is InChI=1S/C12H17N3O2/c1-7(2)10-5-8(6-13-10)14-9-3-4-11(16)15-12(9)17/h6-7,9,14H,3-5H2,1-2H3,(H,15,16,17). The Morgan fingerprint density at radius 2 is 2.24 bits per heavy atom. The summed E-state index contributed by atoms with van der Waals surface area (Å²) in [7, 11) is 0. The van der Waals surface area contributed by atoms with Crippen LogP contribution >= 0.6 is 0 Å². The second kappa shape index (κ2) is 4.69. The number of nitrogens with one attached hydrogen (secondary N) is 2. The van der Waals surface area contributed by atoms with Gasteiger partial charge in [0, 0.05) is 30.5 Å². The first-order valence-corrected chi connectivity index (χ1v) is 5.92. The van der Waals surface area contributed by atoms with Crippen molar-refractivity contribution in [3.63, 3.8) is 0 Å². The van der Waals surface area contributed by atoms with E-state index in [2.05, 4.69) is 29.5 Å². The fourth-order valence-corrected chi connectivity index (χ4v) is 1.94. The average Bonchev–Trinajstić information content (AvgIpc) is 2.71. The van der Waals surface area contributed by atoms with Crippen molar-refractivity contribution in [2.45, 2.75) is 39.2 Å². The van der Waals surface area contributed by atoms with Gasteiger partial charge in [0.05, 0.1) is 0 Å². The van der Waals surface area contributed by atoms with Crippen molar-refractivity contribution >= 4 is 17.5 Å². The summed E-state index contributed by atoms with van der Waals surface area (Å²) in [5.74, 6) is 0.0000260. The zero-order valence-corrected chi connectivity index (χ0v) is 10.1. The Kier molecular flexibility index (Phi) is 3.26. The van der Waals surface area contributed by atoms with E-state index in [1.54, 1.807) is 6.20 Å². The molecule has 2 N–H and O–H groups in total. The molecule has 1 fully saturated rings. The monoisotopic (exact) mass is 235 g/mol. The van der Waals surface area contributed by atoms with E-state index < -0.39 is 0 Å². The summed E-state index contributed by atoms with van der Waals surface area (Å²) in [6.45, 7) is 4.20. The van der Waals surface area contributed by atoms with Gasteiger partial charge < -0.3 is 5.32 Å². The number of hydrogen-bond acceptors (Lipinski definition) is 4. The van der Waals surface area contributed by atoms with Crippen LogP contribution in [-0.2, 0) is 9.59 Å². The number of carbonyl (C=O) groups excluding carboxylic acids is 2. The average molecular weight is 235 g/mol. The molecule has 17 heavy (non-hydrogen) atoms. The second-order valence-corrected chi connectivity index (χ2v) is 4.75. The zero-order chi connectivity index (χ0) is 12.4. The van der Waals surface area contributed by atoms with Gasteiger partial charge in [0.1, 0.15) is 6.04 Å². The minimum atomic E-state index is -0.305. The molecular weight excluding hydrogens is 218 g/mol. The highest BCUT2D eigenvalue weighted by molar-refractivity contribution is 6.00. The Bertz CT molecular complexity index is 410. The Balaban J connectivity index is 1.88. The first-order valence-electron chi connectivity index (χ1n) is 5.92. The summed E-state index contributed by atoms with van der Waals surface area (Å²) in [4.78, 5) is 26.9. The number of amides is 2. The molecule has 0 aliphatic carbocycles. The van der Waals surface area contributed by atoms with Gasteiger partial charge in [0.25, 0.3) is 0 Å². The molecule has 2 heterocycles. The molecule has 2 aliphatic rings. The lowest BCUT2D eigenvalue weighted by molar-refractivity contribution is -0.134. The summed E-state index contributed by atoms with van der Waals surface area (Å²) in [6.07, 6.45) is 3.50. The van der Waals surface area contributed by atoms with Crippen LogP contribution in [0.2, 0.25) is 0 Å². The van der Waals surface area contributed by atoms with Crippen molar-refractivity contribution in [3.8, 4) is 0 Å². The molecule has 5 nitrogen and oxygen atoms in total. The lowest BCUT2D eigenvalue weighted by Gasteiger charge is -2.23. The SMILES string of the molecule is CC(C)C1=NC=C(NC2CCC(=O)NC2=O)C1. The van der Waals surface area contributed by atoms with Crippen molar-refractivity contribution in [3.05, 3.63) is 11.9 Å². The molecule has 2 aliphatic heterocycles. The minimum absolute atomic E-state index is 0.187. The van der Waals surface area contributed by atoms with Crippen LogP contribution in [-0.4, -0.2) is 23.6 Å². The van der Waals surface area contributed by atoms with Crippen LogP contribution < -0.4 is 10.6 Å². The number of rotatable bonds is 3. The molecule has 0 aromatic rings. The lowest BCUT2D eigenvalue weighted by Crippen LogP contribution is -2.50.